The normalized spacial score (nSPS) is 10.3. The van der Waals surface area contributed by atoms with E-state index in [2.05, 4.69) is 0 Å². The van der Waals surface area contributed by atoms with Crippen LogP contribution in [0.15, 0.2) is 36.4 Å². The van der Waals surface area contributed by atoms with Crippen molar-refractivity contribution in [1.82, 2.24) is 0 Å². The van der Waals surface area contributed by atoms with Crippen molar-refractivity contribution in [2.75, 3.05) is 5.73 Å². The van der Waals surface area contributed by atoms with E-state index in [-0.39, 0.29) is 6.61 Å². The minimum atomic E-state index is -0.439. The van der Waals surface area contributed by atoms with Crippen LogP contribution in [-0.2, 0) is 11.3 Å². The molecule has 0 spiro atoms. The van der Waals surface area contributed by atoms with Crippen molar-refractivity contribution in [3.05, 3.63) is 63.1 Å². The summed E-state index contributed by atoms with van der Waals surface area (Å²) in [6, 6.07) is 10.3. The fraction of sp³-hybridized carbons (Fsp3) is 0.133. The minimum absolute atomic E-state index is 0.0620. The second kappa shape index (κ2) is 6.16. The highest BCUT2D eigenvalue weighted by atomic mass is 35.5. The maximum atomic E-state index is 12.0. The lowest BCUT2D eigenvalue weighted by molar-refractivity contribution is 0.0472. The van der Waals surface area contributed by atoms with Gasteiger partial charge in [0.25, 0.3) is 0 Å². The van der Waals surface area contributed by atoms with Crippen LogP contribution in [-0.4, -0.2) is 5.97 Å². The van der Waals surface area contributed by atoms with Crippen molar-refractivity contribution in [1.29, 1.82) is 0 Å². The van der Waals surface area contributed by atoms with Gasteiger partial charge >= 0.3 is 5.97 Å². The van der Waals surface area contributed by atoms with Crippen molar-refractivity contribution < 1.29 is 9.53 Å². The van der Waals surface area contributed by atoms with Gasteiger partial charge in [-0.3, -0.25) is 0 Å². The average Bonchev–Trinajstić information content (AvgIpc) is 2.43. The van der Waals surface area contributed by atoms with Crippen LogP contribution in [0, 0.1) is 6.92 Å². The van der Waals surface area contributed by atoms with E-state index in [0.717, 1.165) is 0 Å². The number of halogens is 2. The standard InChI is InChI=1S/C15H13Cl2NO2/c1-9-11(5-3-7-13(9)18)15(19)20-8-10-4-2-6-12(16)14(10)17/h2-7H,8,18H2,1H3. The number of carbonyl (C=O) groups is 1. The van der Waals surface area contributed by atoms with Crippen molar-refractivity contribution in [2.24, 2.45) is 0 Å². The largest absolute Gasteiger partial charge is 0.457 e. The van der Waals surface area contributed by atoms with E-state index in [9.17, 15) is 4.79 Å². The summed E-state index contributed by atoms with van der Waals surface area (Å²) >= 11 is 11.9. The molecular weight excluding hydrogens is 297 g/mol. The van der Waals surface area contributed by atoms with E-state index >= 15 is 0 Å². The monoisotopic (exact) mass is 309 g/mol. The Labute approximate surface area is 127 Å². The van der Waals surface area contributed by atoms with Crippen LogP contribution in [0.4, 0.5) is 5.69 Å². The van der Waals surface area contributed by atoms with Gasteiger partial charge in [0, 0.05) is 11.3 Å². The first-order chi connectivity index (χ1) is 9.50. The Balaban J connectivity index is 2.13. The van der Waals surface area contributed by atoms with Gasteiger partial charge in [0.1, 0.15) is 6.61 Å². The lowest BCUT2D eigenvalue weighted by Gasteiger charge is -2.10. The van der Waals surface area contributed by atoms with Crippen molar-refractivity contribution in [3.8, 4) is 0 Å². The summed E-state index contributed by atoms with van der Waals surface area (Å²) in [4.78, 5) is 12.0. The quantitative estimate of drug-likeness (QED) is 0.681. The molecule has 0 radical (unpaired) electrons. The molecule has 0 aliphatic heterocycles. The molecule has 3 nitrogen and oxygen atoms in total. The molecular formula is C15H13Cl2NO2. The molecule has 2 rings (SSSR count). The summed E-state index contributed by atoms with van der Waals surface area (Å²) in [6.07, 6.45) is 0. The molecule has 0 heterocycles. The molecule has 0 atom stereocenters. The highest BCUT2D eigenvalue weighted by Crippen LogP contribution is 2.26. The van der Waals surface area contributed by atoms with E-state index in [0.29, 0.717) is 32.4 Å². The summed E-state index contributed by atoms with van der Waals surface area (Å²) in [5.41, 5.74) is 8.13. The number of ether oxygens (including phenoxy) is 1. The number of carbonyl (C=O) groups excluding carboxylic acids is 1. The Morgan fingerprint density at radius 2 is 1.90 bits per heavy atom. The Kier molecular flexibility index (Phi) is 4.53. The molecule has 0 aromatic heterocycles. The zero-order chi connectivity index (χ0) is 14.7. The van der Waals surface area contributed by atoms with Crippen molar-refractivity contribution in [2.45, 2.75) is 13.5 Å². The van der Waals surface area contributed by atoms with Gasteiger partial charge in [0.05, 0.1) is 15.6 Å². The molecule has 0 fully saturated rings. The first kappa shape index (κ1) is 14.7. The smallest absolute Gasteiger partial charge is 0.338 e. The molecule has 0 saturated carbocycles. The van der Waals surface area contributed by atoms with Crippen LogP contribution >= 0.6 is 23.2 Å². The van der Waals surface area contributed by atoms with Gasteiger partial charge in [-0.2, -0.15) is 0 Å². The van der Waals surface area contributed by atoms with Crippen LogP contribution in [0.5, 0.6) is 0 Å². The second-order valence-corrected chi connectivity index (χ2v) is 5.09. The van der Waals surface area contributed by atoms with Gasteiger partial charge in [-0.25, -0.2) is 4.79 Å². The van der Waals surface area contributed by atoms with Gasteiger partial charge in [-0.15, -0.1) is 0 Å². The number of nitrogens with two attached hydrogens (primary N) is 1. The number of nitrogen functional groups attached to an aromatic ring is 1. The molecule has 0 aliphatic carbocycles. The van der Waals surface area contributed by atoms with Crippen LogP contribution in [0.2, 0.25) is 10.0 Å². The third-order valence-corrected chi connectivity index (χ3v) is 3.84. The number of benzene rings is 2. The van der Waals surface area contributed by atoms with Gasteiger partial charge in [0.15, 0.2) is 0 Å². The lowest BCUT2D eigenvalue weighted by atomic mass is 10.1. The van der Waals surface area contributed by atoms with Gasteiger partial charge in [-0.05, 0) is 30.7 Å². The highest BCUT2D eigenvalue weighted by molar-refractivity contribution is 6.42. The molecule has 2 N–H and O–H groups in total. The molecule has 0 amide bonds. The Bertz CT molecular complexity index is 656. The zero-order valence-electron chi connectivity index (χ0n) is 10.8. The molecule has 0 saturated heterocycles. The first-order valence-corrected chi connectivity index (χ1v) is 6.71. The SMILES string of the molecule is Cc1c(N)cccc1C(=O)OCc1cccc(Cl)c1Cl. The van der Waals surface area contributed by atoms with E-state index in [4.69, 9.17) is 33.7 Å². The third-order valence-electron chi connectivity index (χ3n) is 2.99. The summed E-state index contributed by atoms with van der Waals surface area (Å²) in [6.45, 7) is 1.84. The first-order valence-electron chi connectivity index (χ1n) is 5.96. The fourth-order valence-electron chi connectivity index (χ4n) is 1.76. The second-order valence-electron chi connectivity index (χ2n) is 4.31. The summed E-state index contributed by atoms with van der Waals surface area (Å²) < 4.78 is 5.25. The number of rotatable bonds is 3. The molecule has 0 aliphatic rings. The van der Waals surface area contributed by atoms with Gasteiger partial charge < -0.3 is 10.5 Å². The van der Waals surface area contributed by atoms with Gasteiger partial charge in [-0.1, -0.05) is 41.4 Å². The van der Waals surface area contributed by atoms with Crippen molar-refractivity contribution >= 4 is 34.9 Å². The van der Waals surface area contributed by atoms with E-state index in [1.807, 2.05) is 0 Å². The third kappa shape index (κ3) is 3.06. The summed E-state index contributed by atoms with van der Waals surface area (Å²) in [5, 5.41) is 0.826. The van der Waals surface area contributed by atoms with Crippen molar-refractivity contribution in [3.63, 3.8) is 0 Å². The number of esters is 1. The number of hydrogen-bond acceptors (Lipinski definition) is 3. The average molecular weight is 310 g/mol. The zero-order valence-corrected chi connectivity index (χ0v) is 12.3. The summed E-state index contributed by atoms with van der Waals surface area (Å²) in [5.74, 6) is -0.439. The maximum absolute atomic E-state index is 12.0. The summed E-state index contributed by atoms with van der Waals surface area (Å²) in [7, 11) is 0. The lowest BCUT2D eigenvalue weighted by Crippen LogP contribution is -2.08. The topological polar surface area (TPSA) is 52.3 Å². The van der Waals surface area contributed by atoms with Crippen LogP contribution in [0.1, 0.15) is 21.5 Å². The van der Waals surface area contributed by atoms with Crippen LogP contribution in [0.25, 0.3) is 0 Å². The van der Waals surface area contributed by atoms with Gasteiger partial charge in [0.2, 0.25) is 0 Å². The molecule has 104 valence electrons. The van der Waals surface area contributed by atoms with Crippen LogP contribution < -0.4 is 5.73 Å². The number of hydrogen-bond donors (Lipinski definition) is 1. The molecule has 0 unspecified atom stereocenters. The Morgan fingerprint density at radius 1 is 1.20 bits per heavy atom. The van der Waals surface area contributed by atoms with Crippen LogP contribution in [0.3, 0.4) is 0 Å². The molecule has 5 heteroatoms. The molecule has 2 aromatic rings. The highest BCUT2D eigenvalue weighted by Gasteiger charge is 2.13. The number of anilines is 1. The Morgan fingerprint density at radius 3 is 2.65 bits per heavy atom. The molecule has 20 heavy (non-hydrogen) atoms. The van der Waals surface area contributed by atoms with E-state index in [1.54, 1.807) is 43.3 Å². The predicted molar refractivity (Wildman–Crippen MR) is 81.2 cm³/mol. The molecule has 0 bridgehead atoms. The van der Waals surface area contributed by atoms with E-state index in [1.165, 1.54) is 0 Å². The van der Waals surface area contributed by atoms with E-state index < -0.39 is 5.97 Å². The molecule has 2 aromatic carbocycles. The fourth-order valence-corrected chi connectivity index (χ4v) is 2.13. The maximum Gasteiger partial charge on any atom is 0.338 e. The predicted octanol–water partition coefficient (Wildman–Crippen LogP) is 4.24. The minimum Gasteiger partial charge on any atom is -0.457 e. The Hall–Kier alpha value is -1.71.